The summed E-state index contributed by atoms with van der Waals surface area (Å²) in [4.78, 5) is 15.9. The molecule has 0 spiro atoms. The summed E-state index contributed by atoms with van der Waals surface area (Å²) in [7, 11) is 0. The van der Waals surface area contributed by atoms with Crippen molar-refractivity contribution in [1.29, 1.82) is 0 Å². The third-order valence-electron chi connectivity index (χ3n) is 6.02. The first kappa shape index (κ1) is 22.0. The van der Waals surface area contributed by atoms with Crippen LogP contribution in [0.15, 0.2) is 71.3 Å². The van der Waals surface area contributed by atoms with E-state index >= 15 is 0 Å². The first-order chi connectivity index (χ1) is 16.0. The number of aromatic nitrogens is 1. The van der Waals surface area contributed by atoms with Crippen LogP contribution in [0.3, 0.4) is 0 Å². The Morgan fingerprint density at radius 3 is 2.27 bits per heavy atom. The Balaban J connectivity index is 1.67. The Bertz CT molecular complexity index is 1350. The molecule has 0 aliphatic carbocycles. The van der Waals surface area contributed by atoms with Gasteiger partial charge in [-0.3, -0.25) is 4.79 Å². The second kappa shape index (κ2) is 8.86. The summed E-state index contributed by atoms with van der Waals surface area (Å²) in [5.41, 5.74) is 4.28. The Kier molecular flexibility index (Phi) is 5.92. The van der Waals surface area contributed by atoms with E-state index in [4.69, 9.17) is 39.3 Å². The summed E-state index contributed by atoms with van der Waals surface area (Å²) >= 11 is 19.5. The predicted molar refractivity (Wildman–Crippen MR) is 131 cm³/mol. The Labute approximate surface area is 206 Å². The van der Waals surface area contributed by atoms with Gasteiger partial charge in [0.25, 0.3) is 5.91 Å². The lowest BCUT2D eigenvalue weighted by molar-refractivity contribution is 0.0693. The number of carbonyl (C=O) groups is 1. The molecule has 0 N–H and O–H groups in total. The van der Waals surface area contributed by atoms with E-state index in [0.29, 0.717) is 44.2 Å². The fourth-order valence-electron chi connectivity index (χ4n) is 4.48. The average molecular weight is 498 g/mol. The number of halogens is 3. The molecule has 0 bridgehead atoms. The highest BCUT2D eigenvalue weighted by atomic mass is 35.5. The molecule has 4 nitrogen and oxygen atoms in total. The zero-order valence-electron chi connectivity index (χ0n) is 17.7. The van der Waals surface area contributed by atoms with Gasteiger partial charge in [0, 0.05) is 17.1 Å². The van der Waals surface area contributed by atoms with Gasteiger partial charge in [-0.2, -0.15) is 0 Å². The number of aryl methyl sites for hydroxylation is 1. The van der Waals surface area contributed by atoms with Crippen molar-refractivity contribution in [3.8, 4) is 11.3 Å². The van der Waals surface area contributed by atoms with Crippen LogP contribution in [-0.4, -0.2) is 22.5 Å². The lowest BCUT2D eigenvalue weighted by Gasteiger charge is -2.38. The van der Waals surface area contributed by atoms with Gasteiger partial charge in [-0.05, 0) is 48.2 Å². The number of hydrogen-bond donors (Lipinski definition) is 0. The van der Waals surface area contributed by atoms with Crippen LogP contribution in [0.2, 0.25) is 15.1 Å². The van der Waals surface area contributed by atoms with Crippen molar-refractivity contribution < 1.29 is 9.32 Å². The highest BCUT2D eigenvalue weighted by Crippen LogP contribution is 2.42. The van der Waals surface area contributed by atoms with Gasteiger partial charge in [0.2, 0.25) is 0 Å². The Hall–Kier alpha value is -2.79. The third-order valence-corrected chi connectivity index (χ3v) is 6.99. The largest absolute Gasteiger partial charge is 0.360 e. The van der Waals surface area contributed by atoms with Crippen molar-refractivity contribution >= 4 is 40.7 Å². The van der Waals surface area contributed by atoms with E-state index in [0.717, 1.165) is 17.5 Å². The van der Waals surface area contributed by atoms with Gasteiger partial charge >= 0.3 is 0 Å². The zero-order valence-corrected chi connectivity index (χ0v) is 20.0. The molecule has 0 saturated carbocycles. The maximum absolute atomic E-state index is 14.1. The summed E-state index contributed by atoms with van der Waals surface area (Å²) in [5.74, 6) is 0.196. The molecule has 1 unspecified atom stereocenters. The van der Waals surface area contributed by atoms with Crippen LogP contribution in [0.5, 0.6) is 0 Å². The Morgan fingerprint density at radius 1 is 0.909 bits per heavy atom. The predicted octanol–water partition coefficient (Wildman–Crippen LogP) is 7.40. The number of carbonyl (C=O) groups excluding carboxylic acids is 1. The molecule has 1 aliphatic heterocycles. The maximum atomic E-state index is 14.1. The number of hydrogen-bond acceptors (Lipinski definition) is 3. The minimum atomic E-state index is -0.347. The van der Waals surface area contributed by atoms with Gasteiger partial charge < -0.3 is 9.42 Å². The van der Waals surface area contributed by atoms with E-state index in [1.807, 2.05) is 41.3 Å². The quantitative estimate of drug-likeness (QED) is 0.296. The SMILES string of the molecule is Cc1onc(-c2c(Cl)cccc2Cl)c1C(=O)N1CCc2ccccc2C1c1ccccc1Cl. The van der Waals surface area contributed by atoms with E-state index in [1.165, 1.54) is 5.56 Å². The molecule has 2 heterocycles. The molecule has 5 rings (SSSR count). The van der Waals surface area contributed by atoms with Crippen LogP contribution in [-0.2, 0) is 6.42 Å². The van der Waals surface area contributed by atoms with E-state index in [-0.39, 0.29) is 11.9 Å². The summed E-state index contributed by atoms with van der Waals surface area (Å²) in [6.07, 6.45) is 0.732. The molecule has 166 valence electrons. The van der Waals surface area contributed by atoms with Crippen LogP contribution >= 0.6 is 34.8 Å². The van der Waals surface area contributed by atoms with Crippen LogP contribution in [0.4, 0.5) is 0 Å². The van der Waals surface area contributed by atoms with Crippen LogP contribution in [0.1, 0.15) is 38.9 Å². The number of benzene rings is 3. The number of rotatable bonds is 3. The summed E-state index contributed by atoms with van der Waals surface area (Å²) < 4.78 is 5.47. The van der Waals surface area contributed by atoms with Crippen molar-refractivity contribution in [2.75, 3.05) is 6.54 Å². The van der Waals surface area contributed by atoms with E-state index in [2.05, 4.69) is 17.3 Å². The first-order valence-electron chi connectivity index (χ1n) is 10.5. The highest BCUT2D eigenvalue weighted by Gasteiger charge is 2.37. The number of fused-ring (bicyclic) bond motifs is 1. The molecule has 4 aromatic rings. The average Bonchev–Trinajstić information content (AvgIpc) is 3.19. The van der Waals surface area contributed by atoms with Gasteiger partial charge in [0.05, 0.1) is 16.1 Å². The third kappa shape index (κ3) is 3.82. The van der Waals surface area contributed by atoms with Crippen LogP contribution in [0.25, 0.3) is 11.3 Å². The molecule has 1 aromatic heterocycles. The molecule has 7 heteroatoms. The highest BCUT2D eigenvalue weighted by molar-refractivity contribution is 6.39. The minimum absolute atomic E-state index is 0.209. The monoisotopic (exact) mass is 496 g/mol. The van der Waals surface area contributed by atoms with E-state index < -0.39 is 0 Å². The van der Waals surface area contributed by atoms with E-state index in [1.54, 1.807) is 25.1 Å². The van der Waals surface area contributed by atoms with Crippen LogP contribution in [0, 0.1) is 6.92 Å². The maximum Gasteiger partial charge on any atom is 0.260 e. The normalized spacial score (nSPS) is 15.4. The smallest absolute Gasteiger partial charge is 0.260 e. The number of nitrogens with zero attached hydrogens (tertiary/aromatic N) is 2. The Morgan fingerprint density at radius 2 is 1.55 bits per heavy atom. The lowest BCUT2D eigenvalue weighted by atomic mass is 9.87. The summed E-state index contributed by atoms with van der Waals surface area (Å²) in [6, 6.07) is 20.6. The molecular weight excluding hydrogens is 479 g/mol. The molecule has 1 amide bonds. The summed E-state index contributed by atoms with van der Waals surface area (Å²) in [6.45, 7) is 2.24. The molecule has 0 saturated heterocycles. The molecule has 33 heavy (non-hydrogen) atoms. The van der Waals surface area contributed by atoms with Gasteiger partial charge in [-0.25, -0.2) is 0 Å². The van der Waals surface area contributed by atoms with Crippen molar-refractivity contribution in [2.24, 2.45) is 0 Å². The standard InChI is InChI=1S/C26H19Cl3N2O2/c1-15-22(24(30-33-15)23-20(28)11-6-12-21(23)29)26(32)31-14-13-16-7-2-3-8-17(16)25(31)18-9-4-5-10-19(18)27/h2-12,25H,13-14H2,1H3. The van der Waals surface area contributed by atoms with Crippen molar-refractivity contribution in [2.45, 2.75) is 19.4 Å². The first-order valence-corrected chi connectivity index (χ1v) is 11.6. The lowest BCUT2D eigenvalue weighted by Crippen LogP contribution is -2.41. The zero-order chi connectivity index (χ0) is 23.1. The van der Waals surface area contributed by atoms with E-state index in [9.17, 15) is 4.79 Å². The van der Waals surface area contributed by atoms with Crippen molar-refractivity contribution in [1.82, 2.24) is 10.1 Å². The molecule has 3 aromatic carbocycles. The van der Waals surface area contributed by atoms with Gasteiger partial charge in [0.1, 0.15) is 17.0 Å². The molecule has 0 radical (unpaired) electrons. The number of amides is 1. The molecule has 0 fully saturated rings. The van der Waals surface area contributed by atoms with Crippen molar-refractivity contribution in [3.63, 3.8) is 0 Å². The van der Waals surface area contributed by atoms with Crippen molar-refractivity contribution in [3.05, 3.63) is 110 Å². The van der Waals surface area contributed by atoms with Gasteiger partial charge in [0.15, 0.2) is 0 Å². The molecular formula is C26H19Cl3N2O2. The fourth-order valence-corrected chi connectivity index (χ4v) is 5.30. The summed E-state index contributed by atoms with van der Waals surface area (Å²) in [5, 5.41) is 5.57. The molecule has 1 aliphatic rings. The van der Waals surface area contributed by atoms with Gasteiger partial charge in [-0.15, -0.1) is 0 Å². The van der Waals surface area contributed by atoms with Gasteiger partial charge in [-0.1, -0.05) is 88.5 Å². The minimum Gasteiger partial charge on any atom is -0.360 e. The second-order valence-electron chi connectivity index (χ2n) is 7.93. The van der Waals surface area contributed by atoms with Crippen LogP contribution < -0.4 is 0 Å². The second-order valence-corrected chi connectivity index (χ2v) is 9.15. The topological polar surface area (TPSA) is 46.3 Å². The fraction of sp³-hybridized carbons (Fsp3) is 0.154. The molecule has 1 atom stereocenters.